The first-order chi connectivity index (χ1) is 14.4. The normalized spacial score (nSPS) is 13.7. The molecule has 1 N–H and O–H groups in total. The summed E-state index contributed by atoms with van der Waals surface area (Å²) in [4.78, 5) is 22.7. The van der Waals surface area contributed by atoms with Crippen molar-refractivity contribution in [2.75, 3.05) is 23.3 Å². The average molecular weight is 416 g/mol. The molecule has 2 aromatic heterocycles. The Bertz CT molecular complexity index is 1080. The van der Waals surface area contributed by atoms with Crippen LogP contribution in [0.2, 0.25) is 0 Å². The highest BCUT2D eigenvalue weighted by atomic mass is 19.2. The second kappa shape index (κ2) is 7.93. The Labute approximate surface area is 168 Å². The Morgan fingerprint density at radius 2 is 1.83 bits per heavy atom. The van der Waals surface area contributed by atoms with E-state index in [1.165, 1.54) is 18.6 Å². The van der Waals surface area contributed by atoms with Crippen LogP contribution in [-0.4, -0.2) is 45.3 Å². The van der Waals surface area contributed by atoms with Gasteiger partial charge in [0.1, 0.15) is 11.9 Å². The predicted octanol–water partition coefficient (Wildman–Crippen LogP) is 2.51. The lowest BCUT2D eigenvalue weighted by molar-refractivity contribution is 0.102. The van der Waals surface area contributed by atoms with Gasteiger partial charge in [0, 0.05) is 24.5 Å². The van der Waals surface area contributed by atoms with Crippen LogP contribution in [-0.2, 0) is 0 Å². The molecule has 1 aliphatic heterocycles. The van der Waals surface area contributed by atoms with Gasteiger partial charge in [0.2, 0.25) is 0 Å². The lowest BCUT2D eigenvalue weighted by atomic mass is 10.1. The maximum Gasteiger partial charge on any atom is 0.278 e. The molecule has 1 saturated heterocycles. The zero-order valence-corrected chi connectivity index (χ0v) is 15.6. The molecule has 1 aliphatic rings. The summed E-state index contributed by atoms with van der Waals surface area (Å²) >= 11 is 0. The van der Waals surface area contributed by atoms with Crippen molar-refractivity contribution >= 4 is 17.4 Å². The van der Waals surface area contributed by atoms with Crippen LogP contribution in [0.5, 0.6) is 5.75 Å². The van der Waals surface area contributed by atoms with Crippen LogP contribution >= 0.6 is 0 Å². The first-order valence-corrected chi connectivity index (χ1v) is 8.88. The molecular weight excluding hydrogens is 401 g/mol. The number of carbonyl (C=O) groups is 1. The van der Waals surface area contributed by atoms with Crippen LogP contribution < -0.4 is 15.0 Å². The Morgan fingerprint density at radius 3 is 2.53 bits per heavy atom. The highest BCUT2D eigenvalue weighted by molar-refractivity contribution is 6.06. The van der Waals surface area contributed by atoms with E-state index in [2.05, 4.69) is 25.5 Å². The van der Waals surface area contributed by atoms with Gasteiger partial charge in [0.05, 0.1) is 30.7 Å². The van der Waals surface area contributed by atoms with Gasteiger partial charge in [0.25, 0.3) is 5.91 Å². The highest BCUT2D eigenvalue weighted by Crippen LogP contribution is 2.26. The molecule has 30 heavy (non-hydrogen) atoms. The molecule has 0 radical (unpaired) electrons. The van der Waals surface area contributed by atoms with Crippen LogP contribution in [0.3, 0.4) is 0 Å². The number of amides is 1. The molecule has 8 nitrogen and oxygen atoms in total. The Balaban J connectivity index is 1.43. The number of hydrogen-bond acceptors (Lipinski definition) is 7. The summed E-state index contributed by atoms with van der Waals surface area (Å²) in [6.07, 6.45) is 3.84. The Morgan fingerprint density at radius 1 is 1.13 bits per heavy atom. The molecule has 11 heteroatoms. The van der Waals surface area contributed by atoms with Gasteiger partial charge in [-0.15, -0.1) is 0 Å². The fourth-order valence-corrected chi connectivity index (χ4v) is 2.93. The zero-order chi connectivity index (χ0) is 21.3. The van der Waals surface area contributed by atoms with E-state index in [4.69, 9.17) is 4.74 Å². The van der Waals surface area contributed by atoms with Crippen molar-refractivity contribution in [1.82, 2.24) is 20.2 Å². The van der Waals surface area contributed by atoms with Gasteiger partial charge in [-0.2, -0.15) is 10.2 Å². The molecule has 1 amide bonds. The molecule has 3 aromatic rings. The maximum absolute atomic E-state index is 13.3. The van der Waals surface area contributed by atoms with Gasteiger partial charge in [0.15, 0.2) is 29.0 Å². The van der Waals surface area contributed by atoms with E-state index in [1.54, 1.807) is 17.9 Å². The summed E-state index contributed by atoms with van der Waals surface area (Å²) in [6.45, 7) is 2.35. The number of halogens is 3. The van der Waals surface area contributed by atoms with E-state index >= 15 is 0 Å². The lowest BCUT2D eigenvalue weighted by Gasteiger charge is -2.40. The molecule has 0 spiro atoms. The molecule has 0 atom stereocenters. The van der Waals surface area contributed by atoms with Crippen LogP contribution in [0.1, 0.15) is 16.2 Å². The minimum atomic E-state index is -1.55. The summed E-state index contributed by atoms with van der Waals surface area (Å²) < 4.78 is 45.2. The summed E-state index contributed by atoms with van der Waals surface area (Å²) in [7, 11) is 0. The fourth-order valence-electron chi connectivity index (χ4n) is 2.93. The van der Waals surface area contributed by atoms with E-state index in [-0.39, 0.29) is 11.4 Å². The third-order valence-electron chi connectivity index (χ3n) is 4.34. The van der Waals surface area contributed by atoms with Gasteiger partial charge in [-0.3, -0.25) is 4.79 Å². The van der Waals surface area contributed by atoms with Crippen LogP contribution in [0.25, 0.3) is 0 Å². The summed E-state index contributed by atoms with van der Waals surface area (Å²) in [5.74, 6) is -4.45. The molecule has 3 heterocycles. The van der Waals surface area contributed by atoms with E-state index in [9.17, 15) is 18.0 Å². The Kier molecular flexibility index (Phi) is 5.17. The van der Waals surface area contributed by atoms with E-state index in [1.807, 2.05) is 0 Å². The van der Waals surface area contributed by atoms with Crippen molar-refractivity contribution in [3.05, 3.63) is 65.6 Å². The smallest absolute Gasteiger partial charge is 0.278 e. The largest absolute Gasteiger partial charge is 0.487 e. The molecule has 154 valence electrons. The first-order valence-electron chi connectivity index (χ1n) is 8.88. The monoisotopic (exact) mass is 416 g/mol. The second-order valence-electron chi connectivity index (χ2n) is 6.61. The number of benzene rings is 1. The van der Waals surface area contributed by atoms with E-state index in [0.717, 1.165) is 12.1 Å². The van der Waals surface area contributed by atoms with Gasteiger partial charge in [-0.1, -0.05) is 0 Å². The number of aryl methyl sites for hydroxylation is 1. The van der Waals surface area contributed by atoms with Gasteiger partial charge in [-0.25, -0.2) is 23.1 Å². The standard InChI is InChI=1S/C19H15F3N6O2/c1-10-4-11(7-25-27-10)26-19(29)17-18(24-3-2-23-17)28-8-13(9-28)30-12-5-14(20)16(22)15(21)6-12/h2-7,13H,8-9H2,1H3,(H,26,27,29). The average Bonchev–Trinajstić information content (AvgIpc) is 2.68. The number of aromatic nitrogens is 4. The molecule has 0 bridgehead atoms. The Hall–Kier alpha value is -3.76. The quantitative estimate of drug-likeness (QED) is 0.639. The summed E-state index contributed by atoms with van der Waals surface area (Å²) in [5, 5.41) is 10.3. The van der Waals surface area contributed by atoms with Crippen molar-refractivity contribution < 1.29 is 22.7 Å². The topological polar surface area (TPSA) is 93.1 Å². The second-order valence-corrected chi connectivity index (χ2v) is 6.61. The number of nitrogens with one attached hydrogen (secondary N) is 1. The third kappa shape index (κ3) is 4.00. The van der Waals surface area contributed by atoms with Crippen LogP contribution in [0, 0.1) is 24.4 Å². The number of nitrogens with zero attached hydrogens (tertiary/aromatic N) is 5. The maximum atomic E-state index is 13.3. The lowest BCUT2D eigenvalue weighted by Crippen LogP contribution is -2.54. The number of rotatable bonds is 5. The SMILES string of the molecule is Cc1cc(NC(=O)c2nccnc2N2CC(Oc3cc(F)c(F)c(F)c3)C2)cnn1. The van der Waals surface area contributed by atoms with Crippen molar-refractivity contribution in [3.8, 4) is 5.75 Å². The summed E-state index contributed by atoms with van der Waals surface area (Å²) in [5.41, 5.74) is 1.21. The van der Waals surface area contributed by atoms with Gasteiger partial charge < -0.3 is 15.0 Å². The van der Waals surface area contributed by atoms with Crippen LogP contribution in [0.4, 0.5) is 24.7 Å². The van der Waals surface area contributed by atoms with Crippen molar-refractivity contribution in [1.29, 1.82) is 0 Å². The number of anilines is 2. The minimum Gasteiger partial charge on any atom is -0.487 e. The predicted molar refractivity (Wildman–Crippen MR) is 99.7 cm³/mol. The van der Waals surface area contributed by atoms with Crippen molar-refractivity contribution in [3.63, 3.8) is 0 Å². The van der Waals surface area contributed by atoms with E-state index < -0.39 is 29.5 Å². The van der Waals surface area contributed by atoms with Crippen molar-refractivity contribution in [2.24, 2.45) is 0 Å². The highest BCUT2D eigenvalue weighted by Gasteiger charge is 2.33. The molecule has 4 rings (SSSR count). The number of hydrogen-bond donors (Lipinski definition) is 1. The van der Waals surface area contributed by atoms with E-state index in [0.29, 0.717) is 30.3 Å². The first kappa shape index (κ1) is 19.6. The third-order valence-corrected chi connectivity index (χ3v) is 4.34. The molecular formula is C19H15F3N6O2. The minimum absolute atomic E-state index is 0.101. The van der Waals surface area contributed by atoms with Crippen LogP contribution in [0.15, 0.2) is 36.8 Å². The van der Waals surface area contributed by atoms with Gasteiger partial charge >= 0.3 is 0 Å². The molecule has 0 aliphatic carbocycles. The van der Waals surface area contributed by atoms with Gasteiger partial charge in [-0.05, 0) is 13.0 Å². The molecule has 1 aromatic carbocycles. The molecule has 0 unspecified atom stereocenters. The summed E-state index contributed by atoms with van der Waals surface area (Å²) in [6, 6.07) is 3.23. The fraction of sp³-hybridized carbons (Fsp3) is 0.211. The number of ether oxygens (including phenoxy) is 1. The van der Waals surface area contributed by atoms with Crippen molar-refractivity contribution in [2.45, 2.75) is 13.0 Å². The number of carbonyl (C=O) groups excluding carboxylic acids is 1. The molecule has 1 fully saturated rings. The molecule has 0 saturated carbocycles. The zero-order valence-electron chi connectivity index (χ0n) is 15.6.